The van der Waals surface area contributed by atoms with Crippen molar-refractivity contribution in [2.45, 2.75) is 32.0 Å². The van der Waals surface area contributed by atoms with Gasteiger partial charge in [0.15, 0.2) is 0 Å². The molecule has 0 aliphatic carbocycles. The van der Waals surface area contributed by atoms with Crippen molar-refractivity contribution in [2.24, 2.45) is 0 Å². The third-order valence-electron chi connectivity index (χ3n) is 4.77. The first kappa shape index (κ1) is 18.9. The Balaban J connectivity index is 1.52. The number of hydrogen-bond acceptors (Lipinski definition) is 4. The molecule has 6 heteroatoms. The van der Waals surface area contributed by atoms with E-state index in [0.29, 0.717) is 19.7 Å². The molecule has 1 fully saturated rings. The summed E-state index contributed by atoms with van der Waals surface area (Å²) < 4.78 is 5.22. The number of rotatable bonds is 8. The van der Waals surface area contributed by atoms with Crippen molar-refractivity contribution >= 4 is 17.4 Å². The van der Waals surface area contributed by atoms with Gasteiger partial charge in [-0.1, -0.05) is 30.3 Å². The van der Waals surface area contributed by atoms with Crippen LogP contribution in [-0.4, -0.2) is 37.7 Å². The van der Waals surface area contributed by atoms with Crippen molar-refractivity contribution < 1.29 is 9.53 Å². The van der Waals surface area contributed by atoms with Gasteiger partial charge in [-0.2, -0.15) is 0 Å². The van der Waals surface area contributed by atoms with E-state index in [1.807, 2.05) is 24.3 Å². The number of nitrogens with zero attached hydrogens (tertiary/aromatic N) is 1. The van der Waals surface area contributed by atoms with E-state index in [2.05, 4.69) is 33.0 Å². The average molecular weight is 374 g/mol. The summed E-state index contributed by atoms with van der Waals surface area (Å²) in [6, 6.07) is 12.4. The maximum atomic E-state index is 12.3. The molecule has 2 heterocycles. The number of ether oxygens (including phenoxy) is 1. The number of carbonyl (C=O) groups is 1. The monoisotopic (exact) mass is 373 g/mol. The first-order chi connectivity index (χ1) is 12.8. The third kappa shape index (κ3) is 5.06. The lowest BCUT2D eigenvalue weighted by molar-refractivity contribution is 0.184. The Bertz CT molecular complexity index is 684. The lowest BCUT2D eigenvalue weighted by Gasteiger charge is -2.27. The van der Waals surface area contributed by atoms with Crippen LogP contribution < -0.4 is 10.6 Å². The molecule has 1 aliphatic rings. The summed E-state index contributed by atoms with van der Waals surface area (Å²) in [5.41, 5.74) is 2.18. The Kier molecular flexibility index (Phi) is 7.05. The number of hydrogen-bond donors (Lipinski definition) is 2. The van der Waals surface area contributed by atoms with Crippen molar-refractivity contribution in [3.8, 4) is 0 Å². The number of benzene rings is 1. The van der Waals surface area contributed by atoms with Gasteiger partial charge in [0.05, 0.1) is 12.6 Å². The zero-order valence-electron chi connectivity index (χ0n) is 15.2. The van der Waals surface area contributed by atoms with Gasteiger partial charge >= 0.3 is 6.03 Å². The van der Waals surface area contributed by atoms with Gasteiger partial charge in [-0.25, -0.2) is 4.79 Å². The molecule has 140 valence electrons. The van der Waals surface area contributed by atoms with Crippen molar-refractivity contribution in [3.63, 3.8) is 0 Å². The molecule has 1 aliphatic heterocycles. The normalized spacial score (nSPS) is 15.7. The quantitative estimate of drug-likeness (QED) is 0.744. The minimum atomic E-state index is -0.127. The third-order valence-corrected chi connectivity index (χ3v) is 5.74. The fourth-order valence-corrected chi connectivity index (χ4v) is 4.26. The minimum Gasteiger partial charge on any atom is -0.380 e. The van der Waals surface area contributed by atoms with Crippen LogP contribution in [0.3, 0.4) is 0 Å². The Morgan fingerprint density at radius 1 is 1.15 bits per heavy atom. The Morgan fingerprint density at radius 3 is 2.62 bits per heavy atom. The summed E-state index contributed by atoms with van der Waals surface area (Å²) in [6.07, 6.45) is 2.48. The van der Waals surface area contributed by atoms with Crippen LogP contribution in [0.2, 0.25) is 0 Å². The highest BCUT2D eigenvalue weighted by Crippen LogP contribution is 2.27. The summed E-state index contributed by atoms with van der Waals surface area (Å²) in [7, 11) is 1.68. The molecule has 0 radical (unpaired) electrons. The molecule has 1 aromatic heterocycles. The first-order valence-corrected chi connectivity index (χ1v) is 10.0. The average Bonchev–Trinajstić information content (AvgIpc) is 3.36. The Hall–Kier alpha value is -1.89. The van der Waals surface area contributed by atoms with E-state index in [1.165, 1.54) is 17.7 Å². The predicted octanol–water partition coefficient (Wildman–Crippen LogP) is 3.53. The highest BCUT2D eigenvalue weighted by molar-refractivity contribution is 7.10. The van der Waals surface area contributed by atoms with Crippen LogP contribution in [0, 0.1) is 0 Å². The maximum absolute atomic E-state index is 12.3. The van der Waals surface area contributed by atoms with E-state index in [1.54, 1.807) is 18.4 Å². The molecule has 2 aromatic rings. The highest BCUT2D eigenvalue weighted by Gasteiger charge is 2.24. The van der Waals surface area contributed by atoms with Crippen LogP contribution in [0.5, 0.6) is 0 Å². The van der Waals surface area contributed by atoms with E-state index in [9.17, 15) is 4.79 Å². The zero-order valence-corrected chi connectivity index (χ0v) is 16.1. The van der Waals surface area contributed by atoms with Crippen molar-refractivity contribution in [2.75, 3.05) is 26.7 Å². The molecule has 26 heavy (non-hydrogen) atoms. The molecule has 1 saturated heterocycles. The molecule has 0 saturated carbocycles. The molecule has 3 rings (SSSR count). The maximum Gasteiger partial charge on any atom is 0.315 e. The summed E-state index contributed by atoms with van der Waals surface area (Å²) in [5.74, 6) is 0. The van der Waals surface area contributed by atoms with Crippen LogP contribution in [0.1, 0.15) is 34.9 Å². The molecule has 1 unspecified atom stereocenters. The number of nitrogens with one attached hydrogen (secondary N) is 2. The van der Waals surface area contributed by atoms with Gasteiger partial charge in [-0.3, -0.25) is 4.90 Å². The van der Waals surface area contributed by atoms with Gasteiger partial charge in [0.1, 0.15) is 0 Å². The van der Waals surface area contributed by atoms with E-state index >= 15 is 0 Å². The first-order valence-electron chi connectivity index (χ1n) is 9.13. The summed E-state index contributed by atoms with van der Waals surface area (Å²) >= 11 is 1.76. The molecule has 2 amide bonds. The molecule has 0 bridgehead atoms. The lowest BCUT2D eigenvalue weighted by Crippen LogP contribution is -2.41. The molecule has 2 N–H and O–H groups in total. The number of carbonyl (C=O) groups excluding carboxylic acids is 1. The Morgan fingerprint density at radius 2 is 1.92 bits per heavy atom. The number of likely N-dealkylation sites (tertiary alicyclic amines) is 1. The van der Waals surface area contributed by atoms with E-state index in [-0.39, 0.29) is 12.1 Å². The fourth-order valence-electron chi connectivity index (χ4n) is 3.40. The van der Waals surface area contributed by atoms with Gasteiger partial charge in [0.25, 0.3) is 0 Å². The highest BCUT2D eigenvalue weighted by atomic mass is 32.1. The van der Waals surface area contributed by atoms with Gasteiger partial charge in [-0.05, 0) is 48.5 Å². The lowest BCUT2D eigenvalue weighted by atomic mass is 10.1. The minimum absolute atomic E-state index is 0.127. The predicted molar refractivity (Wildman–Crippen MR) is 105 cm³/mol. The fraction of sp³-hybridized carbons (Fsp3) is 0.450. The molecule has 5 nitrogen and oxygen atoms in total. The molecule has 1 atom stereocenters. The number of methoxy groups -OCH3 is 1. The topological polar surface area (TPSA) is 53.6 Å². The molecular formula is C20H27N3O2S. The van der Waals surface area contributed by atoms with Gasteiger partial charge in [0, 0.05) is 25.1 Å². The van der Waals surface area contributed by atoms with Crippen molar-refractivity contribution in [3.05, 3.63) is 57.8 Å². The van der Waals surface area contributed by atoms with E-state index in [0.717, 1.165) is 24.2 Å². The number of urea groups is 1. The second-order valence-electron chi connectivity index (χ2n) is 6.54. The van der Waals surface area contributed by atoms with Gasteiger partial charge in [0.2, 0.25) is 0 Å². The standard InChI is InChI=1S/C20H27N3O2S/c1-25-15-17-8-3-2-7-16(17)13-21-20(24)22-14-18(19-9-6-12-26-19)23-10-4-5-11-23/h2-3,6-9,12,18H,4-5,10-11,13-15H2,1H3,(H2,21,22,24). The summed E-state index contributed by atoms with van der Waals surface area (Å²) in [4.78, 5) is 16.1. The number of thiophene rings is 1. The van der Waals surface area contributed by atoms with Crippen LogP contribution in [0.4, 0.5) is 4.79 Å². The largest absolute Gasteiger partial charge is 0.380 e. The van der Waals surface area contributed by atoms with E-state index < -0.39 is 0 Å². The van der Waals surface area contributed by atoms with Gasteiger partial charge < -0.3 is 15.4 Å². The van der Waals surface area contributed by atoms with Gasteiger partial charge in [-0.15, -0.1) is 11.3 Å². The van der Waals surface area contributed by atoms with Crippen LogP contribution >= 0.6 is 11.3 Å². The number of amides is 2. The second-order valence-corrected chi connectivity index (χ2v) is 7.52. The van der Waals surface area contributed by atoms with E-state index in [4.69, 9.17) is 4.74 Å². The van der Waals surface area contributed by atoms with Crippen LogP contribution in [0.25, 0.3) is 0 Å². The molecule has 1 aromatic carbocycles. The summed E-state index contributed by atoms with van der Waals surface area (Å²) in [5, 5.41) is 8.12. The SMILES string of the molecule is COCc1ccccc1CNC(=O)NCC(c1cccs1)N1CCCC1. The van der Waals surface area contributed by atoms with Crippen LogP contribution in [-0.2, 0) is 17.9 Å². The summed E-state index contributed by atoms with van der Waals surface area (Å²) in [6.45, 7) is 3.90. The molecule has 0 spiro atoms. The van der Waals surface area contributed by atoms with Crippen molar-refractivity contribution in [1.29, 1.82) is 0 Å². The Labute approximate surface area is 159 Å². The van der Waals surface area contributed by atoms with Crippen molar-refractivity contribution in [1.82, 2.24) is 15.5 Å². The smallest absolute Gasteiger partial charge is 0.315 e. The zero-order chi connectivity index (χ0) is 18.2. The van der Waals surface area contributed by atoms with Crippen LogP contribution in [0.15, 0.2) is 41.8 Å². The second kappa shape index (κ2) is 9.71. The molecular weight excluding hydrogens is 346 g/mol.